The number of nitrogens with one attached hydrogen (secondary N) is 2. The van der Waals surface area contributed by atoms with Crippen LogP contribution in [0, 0.1) is 5.53 Å². The molecular weight excluding hydrogens is 290 g/mol. The average Bonchev–Trinajstić information content (AvgIpc) is 2.55. The topological polar surface area (TPSA) is 98.3 Å². The van der Waals surface area contributed by atoms with Gasteiger partial charge in [0, 0.05) is 18.0 Å². The van der Waals surface area contributed by atoms with E-state index in [1.165, 1.54) is 17.3 Å². The third-order valence-corrected chi connectivity index (χ3v) is 2.93. The van der Waals surface area contributed by atoms with Crippen molar-refractivity contribution in [2.75, 3.05) is 0 Å². The van der Waals surface area contributed by atoms with Gasteiger partial charge in [-0.2, -0.15) is 5.53 Å². The molecule has 4 N–H and O–H groups in total. The number of H-pyrrole nitrogens is 1. The van der Waals surface area contributed by atoms with Crippen molar-refractivity contribution in [3.8, 4) is 0 Å². The zero-order valence-electron chi connectivity index (χ0n) is 13.3. The molecule has 0 aromatic carbocycles. The summed E-state index contributed by atoms with van der Waals surface area (Å²) in [6.45, 7) is 7.68. The molecule has 0 aliphatic rings. The number of allylic oxidation sites excluding steroid dienone is 6. The summed E-state index contributed by atoms with van der Waals surface area (Å²) >= 11 is 0. The number of aromatic amines is 1. The Kier molecular flexibility index (Phi) is 7.00. The van der Waals surface area contributed by atoms with Gasteiger partial charge < -0.3 is 10.7 Å². The number of hydrogen-bond donors (Lipinski definition) is 3. The minimum Gasteiger partial charge on any atom is -0.405 e. The predicted molar refractivity (Wildman–Crippen MR) is 93.1 cm³/mol. The summed E-state index contributed by atoms with van der Waals surface area (Å²) in [5.41, 5.74) is 15.2. The van der Waals surface area contributed by atoms with Gasteiger partial charge in [0.25, 0.3) is 0 Å². The summed E-state index contributed by atoms with van der Waals surface area (Å²) in [4.78, 5) is 14.1. The largest absolute Gasteiger partial charge is 0.405 e. The normalized spacial score (nSPS) is 12.8. The van der Waals surface area contributed by atoms with Crippen molar-refractivity contribution in [1.82, 2.24) is 9.99 Å². The number of pyridine rings is 1. The smallest absolute Gasteiger partial charge is 0.248 e. The zero-order chi connectivity index (χ0) is 17.2. The highest BCUT2D eigenvalue weighted by molar-refractivity contribution is 5.71. The van der Waals surface area contributed by atoms with E-state index in [1.54, 1.807) is 42.6 Å². The van der Waals surface area contributed by atoms with Crippen molar-refractivity contribution in [3.63, 3.8) is 0 Å². The molecule has 6 nitrogen and oxygen atoms in total. The van der Waals surface area contributed by atoms with E-state index in [9.17, 15) is 4.79 Å². The van der Waals surface area contributed by atoms with Gasteiger partial charge in [-0.05, 0) is 49.4 Å². The second-order valence-corrected chi connectivity index (χ2v) is 4.65. The summed E-state index contributed by atoms with van der Waals surface area (Å²) in [6, 6.07) is 4.85. The monoisotopic (exact) mass is 311 g/mol. The second-order valence-electron chi connectivity index (χ2n) is 4.65. The lowest BCUT2D eigenvalue weighted by atomic mass is 10.1. The van der Waals surface area contributed by atoms with E-state index >= 15 is 0 Å². The molecule has 1 heterocycles. The third-order valence-electron chi connectivity index (χ3n) is 2.93. The van der Waals surface area contributed by atoms with Gasteiger partial charge in [-0.1, -0.05) is 30.0 Å². The Morgan fingerprint density at radius 2 is 2.22 bits per heavy atom. The SMILES string of the molecule is C=C(\C=C(/C(C)=C\C=C\N)N(/C=C\C)N=N)c1cccc(=O)[nH]1. The molecule has 0 aliphatic carbocycles. The molecule has 0 aliphatic heterocycles. The summed E-state index contributed by atoms with van der Waals surface area (Å²) in [6.07, 6.45) is 10.1. The fourth-order valence-electron chi connectivity index (χ4n) is 1.83. The predicted octanol–water partition coefficient (Wildman–Crippen LogP) is 3.47. The van der Waals surface area contributed by atoms with E-state index in [1.807, 2.05) is 13.8 Å². The minimum atomic E-state index is -0.201. The lowest BCUT2D eigenvalue weighted by Crippen LogP contribution is -2.11. The molecule has 1 aromatic heterocycles. The Hall–Kier alpha value is -3.15. The first-order valence-corrected chi connectivity index (χ1v) is 6.98. The van der Waals surface area contributed by atoms with Gasteiger partial charge in [0.2, 0.25) is 5.56 Å². The van der Waals surface area contributed by atoms with Gasteiger partial charge in [0.15, 0.2) is 0 Å². The molecule has 0 fully saturated rings. The standard InChI is InChI=1S/C17H21N5O/c1-4-11-22(21-19)16(13(2)7-6-10-18)12-14(3)15-8-5-9-17(23)20-15/h4-12,19H,3,18H2,1-2H3,(H,20,23)/b10-6+,11-4-,13-7-,16-12+,21-19?. The highest BCUT2D eigenvalue weighted by Gasteiger charge is 2.09. The second kappa shape index (κ2) is 8.99. The Morgan fingerprint density at radius 1 is 1.48 bits per heavy atom. The van der Waals surface area contributed by atoms with Crippen LogP contribution in [0.1, 0.15) is 19.5 Å². The van der Waals surface area contributed by atoms with E-state index in [4.69, 9.17) is 11.3 Å². The molecular formula is C17H21N5O. The van der Waals surface area contributed by atoms with Crippen molar-refractivity contribution < 1.29 is 0 Å². The quantitative estimate of drug-likeness (QED) is 0.408. The van der Waals surface area contributed by atoms with Crippen molar-refractivity contribution >= 4 is 5.57 Å². The maximum Gasteiger partial charge on any atom is 0.248 e. The highest BCUT2D eigenvalue weighted by Crippen LogP contribution is 2.21. The van der Waals surface area contributed by atoms with Gasteiger partial charge in [0.1, 0.15) is 0 Å². The Labute approximate surface area is 135 Å². The Bertz CT molecular complexity index is 737. The van der Waals surface area contributed by atoms with Gasteiger partial charge >= 0.3 is 0 Å². The fraction of sp³-hybridized carbons (Fsp3) is 0.118. The summed E-state index contributed by atoms with van der Waals surface area (Å²) < 4.78 is 0. The van der Waals surface area contributed by atoms with Crippen LogP contribution in [0.5, 0.6) is 0 Å². The Balaban J connectivity index is 3.34. The lowest BCUT2D eigenvalue weighted by molar-refractivity contribution is 0.455. The van der Waals surface area contributed by atoms with Crippen LogP contribution in [-0.2, 0) is 0 Å². The lowest BCUT2D eigenvalue weighted by Gasteiger charge is -2.17. The molecule has 23 heavy (non-hydrogen) atoms. The first-order valence-electron chi connectivity index (χ1n) is 6.98. The Morgan fingerprint density at radius 3 is 2.78 bits per heavy atom. The summed E-state index contributed by atoms with van der Waals surface area (Å²) in [5, 5.41) is 4.90. The van der Waals surface area contributed by atoms with E-state index in [-0.39, 0.29) is 5.56 Å². The zero-order valence-corrected chi connectivity index (χ0v) is 13.3. The number of aromatic nitrogens is 1. The van der Waals surface area contributed by atoms with E-state index < -0.39 is 0 Å². The van der Waals surface area contributed by atoms with Gasteiger partial charge in [0.05, 0.1) is 5.70 Å². The van der Waals surface area contributed by atoms with Crippen molar-refractivity contribution in [2.24, 2.45) is 11.0 Å². The van der Waals surface area contributed by atoms with Crippen LogP contribution in [0.2, 0.25) is 0 Å². The number of rotatable bonds is 7. The molecule has 6 heteroatoms. The van der Waals surface area contributed by atoms with Crippen molar-refractivity contribution in [2.45, 2.75) is 13.8 Å². The summed E-state index contributed by atoms with van der Waals surface area (Å²) in [5.74, 6) is 0. The van der Waals surface area contributed by atoms with Crippen LogP contribution in [0.4, 0.5) is 0 Å². The molecule has 0 spiro atoms. The van der Waals surface area contributed by atoms with Crippen molar-refractivity contribution in [1.29, 1.82) is 5.53 Å². The maximum absolute atomic E-state index is 11.4. The van der Waals surface area contributed by atoms with E-state index in [0.717, 1.165) is 5.57 Å². The molecule has 0 saturated carbocycles. The van der Waals surface area contributed by atoms with Crippen LogP contribution in [0.25, 0.3) is 5.57 Å². The van der Waals surface area contributed by atoms with Crippen LogP contribution in [0.15, 0.2) is 82.8 Å². The first-order chi connectivity index (χ1) is 11.0. The third kappa shape index (κ3) is 5.28. The van der Waals surface area contributed by atoms with Gasteiger partial charge in [-0.3, -0.25) is 4.79 Å². The molecule has 1 aromatic rings. The number of nitrogens with zero attached hydrogens (tertiary/aromatic N) is 2. The van der Waals surface area contributed by atoms with Crippen molar-refractivity contribution in [3.05, 3.63) is 88.8 Å². The molecule has 0 atom stereocenters. The molecule has 0 unspecified atom stereocenters. The maximum atomic E-state index is 11.4. The molecule has 120 valence electrons. The molecule has 0 amide bonds. The van der Waals surface area contributed by atoms with Crippen LogP contribution in [0.3, 0.4) is 0 Å². The van der Waals surface area contributed by atoms with Gasteiger partial charge in [-0.25, -0.2) is 5.01 Å². The first kappa shape index (κ1) is 17.9. The van der Waals surface area contributed by atoms with E-state index in [0.29, 0.717) is 17.0 Å². The molecule has 0 radical (unpaired) electrons. The minimum absolute atomic E-state index is 0.201. The van der Waals surface area contributed by atoms with Crippen LogP contribution >= 0.6 is 0 Å². The van der Waals surface area contributed by atoms with Gasteiger partial charge in [-0.15, -0.1) is 0 Å². The highest BCUT2D eigenvalue weighted by atomic mass is 16.1. The van der Waals surface area contributed by atoms with Crippen LogP contribution < -0.4 is 11.3 Å². The molecule has 0 saturated heterocycles. The van der Waals surface area contributed by atoms with Crippen LogP contribution in [-0.4, -0.2) is 9.99 Å². The fourth-order valence-corrected chi connectivity index (χ4v) is 1.83. The molecule has 1 rings (SSSR count). The van der Waals surface area contributed by atoms with E-state index in [2.05, 4.69) is 16.8 Å². The molecule has 0 bridgehead atoms. The average molecular weight is 311 g/mol. The number of nitrogens with two attached hydrogens (primary N) is 1. The number of hydrogen-bond acceptors (Lipinski definition) is 4. The summed E-state index contributed by atoms with van der Waals surface area (Å²) in [7, 11) is 0.